The summed E-state index contributed by atoms with van der Waals surface area (Å²) in [6.45, 7) is 12.2. The first kappa shape index (κ1) is 19.8. The predicted octanol–water partition coefficient (Wildman–Crippen LogP) is 5.40. The van der Waals surface area contributed by atoms with Gasteiger partial charge in [-0.05, 0) is 61.2 Å². The van der Waals surface area contributed by atoms with Crippen LogP contribution >= 0.6 is 0 Å². The van der Waals surface area contributed by atoms with E-state index in [1.807, 2.05) is 32.0 Å². The van der Waals surface area contributed by atoms with Crippen LogP contribution in [0.1, 0.15) is 50.4 Å². The minimum atomic E-state index is -0.202. The fourth-order valence-corrected chi connectivity index (χ4v) is 3.39. The van der Waals surface area contributed by atoms with E-state index in [0.717, 1.165) is 16.6 Å². The number of hydrazine groups is 1. The molecular weight excluding hydrogens is 327 g/mol. The average Bonchev–Trinajstić information content (AvgIpc) is 2.90. The summed E-state index contributed by atoms with van der Waals surface area (Å²) < 4.78 is 15.9. The van der Waals surface area contributed by atoms with Crippen molar-refractivity contribution in [3.8, 4) is 5.69 Å². The highest BCUT2D eigenvalue weighted by molar-refractivity contribution is 5.94. The van der Waals surface area contributed by atoms with Crippen molar-refractivity contribution in [3.63, 3.8) is 0 Å². The highest BCUT2D eigenvalue weighted by Crippen LogP contribution is 2.37. The zero-order valence-electron chi connectivity index (χ0n) is 16.4. The number of hydrogen-bond acceptors (Lipinski definition) is 3. The second kappa shape index (κ2) is 7.79. The smallest absolute Gasteiger partial charge is 0.126 e. The summed E-state index contributed by atoms with van der Waals surface area (Å²) in [5.41, 5.74) is 15.0. The highest BCUT2D eigenvalue weighted by Gasteiger charge is 2.19. The Hall–Kier alpha value is -2.53. The van der Waals surface area contributed by atoms with E-state index in [0.29, 0.717) is 22.9 Å². The fraction of sp³-hybridized carbons (Fsp3) is 0.333. The largest absolute Gasteiger partial charge is 0.397 e. The van der Waals surface area contributed by atoms with Crippen LogP contribution in [-0.2, 0) is 0 Å². The first-order valence-corrected chi connectivity index (χ1v) is 9.02. The SMILES string of the molecule is CC.Cc1cc(-n2c(C(C)C)c(C)c3cc(NN)c(N)cc32)ccc1F. The number of nitrogens with zero attached hydrogens (tertiary/aromatic N) is 1. The number of fused-ring (bicyclic) bond motifs is 1. The van der Waals surface area contributed by atoms with E-state index in [1.165, 1.54) is 17.3 Å². The average molecular weight is 356 g/mol. The number of aryl methyl sites for hydroxylation is 2. The van der Waals surface area contributed by atoms with Crippen LogP contribution in [0.25, 0.3) is 16.6 Å². The minimum Gasteiger partial charge on any atom is -0.397 e. The van der Waals surface area contributed by atoms with Crippen molar-refractivity contribution in [2.45, 2.75) is 47.5 Å². The third kappa shape index (κ3) is 3.27. The molecule has 1 aromatic heterocycles. The van der Waals surface area contributed by atoms with Gasteiger partial charge < -0.3 is 15.7 Å². The van der Waals surface area contributed by atoms with E-state index >= 15 is 0 Å². The van der Waals surface area contributed by atoms with Gasteiger partial charge in [-0.1, -0.05) is 27.7 Å². The molecular formula is C21H29FN4. The lowest BCUT2D eigenvalue weighted by atomic mass is 10.0. The summed E-state index contributed by atoms with van der Waals surface area (Å²) in [4.78, 5) is 0. The van der Waals surface area contributed by atoms with Gasteiger partial charge in [-0.2, -0.15) is 0 Å². The summed E-state index contributed by atoms with van der Waals surface area (Å²) in [6, 6.07) is 9.07. The monoisotopic (exact) mass is 356 g/mol. The summed E-state index contributed by atoms with van der Waals surface area (Å²) in [5, 5.41) is 1.09. The molecule has 0 aliphatic carbocycles. The van der Waals surface area contributed by atoms with E-state index in [9.17, 15) is 4.39 Å². The van der Waals surface area contributed by atoms with Crippen molar-refractivity contribution in [3.05, 3.63) is 53.0 Å². The Labute approximate surface area is 155 Å². The van der Waals surface area contributed by atoms with Crippen LogP contribution in [0.2, 0.25) is 0 Å². The van der Waals surface area contributed by atoms with E-state index in [-0.39, 0.29) is 5.82 Å². The molecule has 0 saturated carbocycles. The van der Waals surface area contributed by atoms with Gasteiger partial charge in [0.25, 0.3) is 0 Å². The molecule has 0 atom stereocenters. The molecule has 0 amide bonds. The van der Waals surface area contributed by atoms with Gasteiger partial charge >= 0.3 is 0 Å². The van der Waals surface area contributed by atoms with Crippen molar-refractivity contribution in [2.75, 3.05) is 11.2 Å². The molecule has 3 rings (SSSR count). The standard InChI is InChI=1S/C19H23FN4.C2H6/c1-10(2)19-12(4)14-8-17(23-22)16(21)9-18(14)24(19)13-5-6-15(20)11(3)7-13;1-2/h5-10,23H,21-22H2,1-4H3;1-2H3. The third-order valence-corrected chi connectivity index (χ3v) is 4.54. The quantitative estimate of drug-likeness (QED) is 0.334. The Morgan fingerprint density at radius 1 is 1.08 bits per heavy atom. The normalized spacial score (nSPS) is 10.8. The molecule has 0 aliphatic rings. The molecule has 5 heteroatoms. The lowest BCUT2D eigenvalue weighted by Crippen LogP contribution is -2.09. The van der Waals surface area contributed by atoms with Gasteiger partial charge in [0.2, 0.25) is 0 Å². The lowest BCUT2D eigenvalue weighted by Gasteiger charge is -2.15. The van der Waals surface area contributed by atoms with Crippen LogP contribution in [0.4, 0.5) is 15.8 Å². The highest BCUT2D eigenvalue weighted by atomic mass is 19.1. The van der Waals surface area contributed by atoms with Crippen molar-refractivity contribution >= 4 is 22.3 Å². The second-order valence-corrected chi connectivity index (χ2v) is 6.53. The minimum absolute atomic E-state index is 0.202. The molecule has 4 nitrogen and oxygen atoms in total. The Kier molecular flexibility index (Phi) is 5.93. The molecule has 0 unspecified atom stereocenters. The van der Waals surface area contributed by atoms with Crippen LogP contribution in [0.3, 0.4) is 0 Å². The van der Waals surface area contributed by atoms with E-state index in [4.69, 9.17) is 11.6 Å². The topological polar surface area (TPSA) is 69.0 Å². The zero-order valence-corrected chi connectivity index (χ0v) is 16.4. The summed E-state index contributed by atoms with van der Waals surface area (Å²) in [5.74, 6) is 5.67. The zero-order chi connectivity index (χ0) is 19.6. The van der Waals surface area contributed by atoms with Gasteiger partial charge in [-0.25, -0.2) is 4.39 Å². The number of aromatic nitrogens is 1. The van der Waals surface area contributed by atoms with E-state index < -0.39 is 0 Å². The number of halogens is 1. The van der Waals surface area contributed by atoms with Gasteiger partial charge in [-0.15, -0.1) is 0 Å². The van der Waals surface area contributed by atoms with Crippen LogP contribution in [-0.4, -0.2) is 4.57 Å². The van der Waals surface area contributed by atoms with Gasteiger partial charge in [-0.3, -0.25) is 5.84 Å². The predicted molar refractivity (Wildman–Crippen MR) is 110 cm³/mol. The number of nitrogens with two attached hydrogens (primary N) is 2. The number of nitrogen functional groups attached to an aromatic ring is 2. The van der Waals surface area contributed by atoms with E-state index in [2.05, 4.69) is 30.8 Å². The molecule has 0 bridgehead atoms. The molecule has 2 aromatic carbocycles. The first-order chi connectivity index (χ1) is 12.3. The van der Waals surface area contributed by atoms with Crippen LogP contribution in [0.15, 0.2) is 30.3 Å². The van der Waals surface area contributed by atoms with Gasteiger partial charge in [0.05, 0.1) is 16.9 Å². The maximum atomic E-state index is 13.7. The number of hydrogen-bond donors (Lipinski definition) is 3. The molecule has 0 saturated heterocycles. The molecule has 0 spiro atoms. The molecule has 0 radical (unpaired) electrons. The summed E-state index contributed by atoms with van der Waals surface area (Å²) in [6.07, 6.45) is 0. The molecule has 0 aliphatic heterocycles. The number of benzene rings is 2. The van der Waals surface area contributed by atoms with Crippen LogP contribution in [0.5, 0.6) is 0 Å². The summed E-state index contributed by atoms with van der Waals surface area (Å²) in [7, 11) is 0. The lowest BCUT2D eigenvalue weighted by molar-refractivity contribution is 0.618. The maximum Gasteiger partial charge on any atom is 0.126 e. The maximum absolute atomic E-state index is 13.7. The second-order valence-electron chi connectivity index (χ2n) is 6.53. The van der Waals surface area contributed by atoms with Crippen molar-refractivity contribution in [2.24, 2.45) is 5.84 Å². The van der Waals surface area contributed by atoms with Gasteiger partial charge in [0.1, 0.15) is 5.82 Å². The Morgan fingerprint density at radius 2 is 1.73 bits per heavy atom. The summed E-state index contributed by atoms with van der Waals surface area (Å²) >= 11 is 0. The van der Waals surface area contributed by atoms with E-state index in [1.54, 1.807) is 13.0 Å². The van der Waals surface area contributed by atoms with Gasteiger partial charge in [0, 0.05) is 16.8 Å². The Balaban J connectivity index is 0.00000117. The van der Waals surface area contributed by atoms with Crippen molar-refractivity contribution < 1.29 is 4.39 Å². The third-order valence-electron chi connectivity index (χ3n) is 4.54. The molecule has 140 valence electrons. The fourth-order valence-electron chi connectivity index (χ4n) is 3.39. The molecule has 26 heavy (non-hydrogen) atoms. The van der Waals surface area contributed by atoms with Crippen LogP contribution < -0.4 is 17.0 Å². The Bertz CT molecular complexity index is 926. The molecule has 0 fully saturated rings. The van der Waals surface area contributed by atoms with Gasteiger partial charge in [0.15, 0.2) is 0 Å². The van der Waals surface area contributed by atoms with Crippen molar-refractivity contribution in [1.29, 1.82) is 0 Å². The van der Waals surface area contributed by atoms with Crippen LogP contribution in [0, 0.1) is 19.7 Å². The first-order valence-electron chi connectivity index (χ1n) is 9.02. The Morgan fingerprint density at radius 3 is 2.27 bits per heavy atom. The molecule has 1 heterocycles. The number of rotatable bonds is 3. The molecule has 3 aromatic rings. The number of anilines is 2. The number of nitrogens with one attached hydrogen (secondary N) is 1. The molecule has 5 N–H and O–H groups in total. The van der Waals surface area contributed by atoms with Crippen molar-refractivity contribution in [1.82, 2.24) is 4.57 Å².